The fourth-order valence-electron chi connectivity index (χ4n) is 1.44. The van der Waals surface area contributed by atoms with Gasteiger partial charge in [0.25, 0.3) is 5.69 Å². The summed E-state index contributed by atoms with van der Waals surface area (Å²) in [7, 11) is 0. The van der Waals surface area contributed by atoms with Crippen LogP contribution in [-0.4, -0.2) is 22.5 Å². The molecule has 0 aliphatic heterocycles. The van der Waals surface area contributed by atoms with Gasteiger partial charge in [-0.05, 0) is 22.9 Å². The van der Waals surface area contributed by atoms with Crippen LogP contribution < -0.4 is 0 Å². The van der Waals surface area contributed by atoms with E-state index in [2.05, 4.69) is 20.9 Å². The number of pyridine rings is 1. The first-order chi connectivity index (χ1) is 9.01. The molecule has 7 nitrogen and oxygen atoms in total. The van der Waals surface area contributed by atoms with Crippen LogP contribution in [0.25, 0.3) is 0 Å². The second-order valence-corrected chi connectivity index (χ2v) is 4.37. The van der Waals surface area contributed by atoms with Crippen LogP contribution >= 0.6 is 15.9 Å². The van der Waals surface area contributed by atoms with Crippen molar-refractivity contribution < 1.29 is 14.5 Å². The van der Waals surface area contributed by atoms with Gasteiger partial charge in [-0.15, -0.1) is 0 Å². The summed E-state index contributed by atoms with van der Waals surface area (Å²) in [5, 5.41) is 19.8. The molecular weight excluding hydrogens is 318 g/mol. The number of aromatic nitrogens is 1. The zero-order chi connectivity index (χ0) is 14.4. The molecule has 1 atom stereocenters. The van der Waals surface area contributed by atoms with Crippen molar-refractivity contribution in [2.45, 2.75) is 13.3 Å². The fourth-order valence-corrected chi connectivity index (χ4v) is 1.92. The molecule has 1 unspecified atom stereocenters. The Balaban J connectivity index is 3.07. The van der Waals surface area contributed by atoms with Crippen molar-refractivity contribution in [1.29, 1.82) is 5.26 Å². The summed E-state index contributed by atoms with van der Waals surface area (Å²) in [5.41, 5.74) is 0.0125. The average molecular weight is 328 g/mol. The van der Waals surface area contributed by atoms with Crippen LogP contribution in [0.15, 0.2) is 16.9 Å². The molecule has 0 amide bonds. The van der Waals surface area contributed by atoms with Gasteiger partial charge >= 0.3 is 5.97 Å². The maximum absolute atomic E-state index is 11.5. The highest BCUT2D eigenvalue weighted by atomic mass is 79.9. The Hall–Kier alpha value is -2.01. The van der Waals surface area contributed by atoms with E-state index in [4.69, 9.17) is 10.00 Å². The van der Waals surface area contributed by atoms with Gasteiger partial charge in [-0.1, -0.05) is 0 Å². The Morgan fingerprint density at radius 2 is 2.37 bits per heavy atom. The van der Waals surface area contributed by atoms with Crippen LogP contribution in [0, 0.1) is 27.4 Å². The quantitative estimate of drug-likeness (QED) is 0.465. The van der Waals surface area contributed by atoms with Crippen LogP contribution in [0.3, 0.4) is 0 Å². The van der Waals surface area contributed by atoms with Gasteiger partial charge in [0.15, 0.2) is 0 Å². The summed E-state index contributed by atoms with van der Waals surface area (Å²) in [4.78, 5) is 25.5. The van der Waals surface area contributed by atoms with Crippen LogP contribution in [-0.2, 0) is 16.0 Å². The number of halogens is 1. The summed E-state index contributed by atoms with van der Waals surface area (Å²) < 4.78 is 5.13. The highest BCUT2D eigenvalue weighted by molar-refractivity contribution is 9.10. The maximum Gasteiger partial charge on any atom is 0.323 e. The van der Waals surface area contributed by atoms with E-state index >= 15 is 0 Å². The molecule has 0 aliphatic carbocycles. The topological polar surface area (TPSA) is 106 Å². The highest BCUT2D eigenvalue weighted by Gasteiger charge is 2.26. The van der Waals surface area contributed by atoms with Gasteiger partial charge in [0.1, 0.15) is 12.1 Å². The molecule has 0 N–H and O–H groups in total. The Morgan fingerprint density at radius 3 is 2.89 bits per heavy atom. The van der Waals surface area contributed by atoms with Gasteiger partial charge in [0.05, 0.1) is 17.6 Å². The number of ether oxygens (including phenoxy) is 1. The van der Waals surface area contributed by atoms with Crippen LogP contribution in [0.1, 0.15) is 12.5 Å². The molecule has 1 aromatic heterocycles. The van der Waals surface area contributed by atoms with Gasteiger partial charge in [-0.2, -0.15) is 5.26 Å². The largest absolute Gasteiger partial charge is 0.465 e. The molecule has 0 bridgehead atoms. The number of rotatable bonds is 5. The molecule has 1 heterocycles. The van der Waals surface area contributed by atoms with E-state index < -0.39 is 16.8 Å². The first-order valence-electron chi connectivity index (χ1n) is 5.34. The molecule has 100 valence electrons. The van der Waals surface area contributed by atoms with Gasteiger partial charge < -0.3 is 4.74 Å². The van der Waals surface area contributed by atoms with Crippen molar-refractivity contribution in [1.82, 2.24) is 4.98 Å². The molecule has 0 fully saturated rings. The molecule has 19 heavy (non-hydrogen) atoms. The van der Waals surface area contributed by atoms with Crippen molar-refractivity contribution in [3.63, 3.8) is 0 Å². The Labute approximate surface area is 117 Å². The van der Waals surface area contributed by atoms with Crippen LogP contribution in [0.2, 0.25) is 0 Å². The van der Waals surface area contributed by atoms with Gasteiger partial charge in [-0.3, -0.25) is 19.9 Å². The maximum atomic E-state index is 11.5. The van der Waals surface area contributed by atoms with E-state index in [0.29, 0.717) is 4.47 Å². The average Bonchev–Trinajstić information content (AvgIpc) is 2.37. The molecule has 0 aromatic carbocycles. The van der Waals surface area contributed by atoms with Crippen molar-refractivity contribution in [3.8, 4) is 6.07 Å². The summed E-state index contributed by atoms with van der Waals surface area (Å²) >= 11 is 3.13. The minimum absolute atomic E-state index is 0.102. The minimum atomic E-state index is -1.09. The SMILES string of the molecule is CCOC(=O)C(C#N)Cc1c(Br)cncc1[N+](=O)[O-]. The van der Waals surface area contributed by atoms with E-state index in [1.54, 1.807) is 13.0 Å². The predicted octanol–water partition coefficient (Wildman–Crippen LogP) is 2.00. The van der Waals surface area contributed by atoms with E-state index in [-0.39, 0.29) is 24.3 Å². The number of carbonyl (C=O) groups excluding carboxylic acids is 1. The van der Waals surface area contributed by atoms with Crippen molar-refractivity contribution in [2.24, 2.45) is 5.92 Å². The lowest BCUT2D eigenvalue weighted by atomic mass is 10.0. The zero-order valence-electron chi connectivity index (χ0n) is 10.00. The minimum Gasteiger partial charge on any atom is -0.465 e. The van der Waals surface area contributed by atoms with Crippen molar-refractivity contribution in [2.75, 3.05) is 6.61 Å². The lowest BCUT2D eigenvalue weighted by molar-refractivity contribution is -0.386. The fraction of sp³-hybridized carbons (Fsp3) is 0.364. The second kappa shape index (κ2) is 6.80. The van der Waals surface area contributed by atoms with E-state index in [1.165, 1.54) is 6.20 Å². The number of carbonyl (C=O) groups is 1. The number of nitriles is 1. The normalized spacial score (nSPS) is 11.4. The lowest BCUT2D eigenvalue weighted by Gasteiger charge is -2.09. The molecule has 8 heteroatoms. The number of nitrogens with zero attached hydrogens (tertiary/aromatic N) is 3. The molecule has 0 radical (unpaired) electrons. The van der Waals surface area contributed by atoms with Gasteiger partial charge in [0.2, 0.25) is 0 Å². The van der Waals surface area contributed by atoms with E-state index in [1.807, 2.05) is 0 Å². The van der Waals surface area contributed by atoms with Gasteiger partial charge in [-0.25, -0.2) is 0 Å². The number of nitro groups is 1. The highest BCUT2D eigenvalue weighted by Crippen LogP contribution is 2.28. The van der Waals surface area contributed by atoms with E-state index in [0.717, 1.165) is 6.20 Å². The van der Waals surface area contributed by atoms with Crippen molar-refractivity contribution >= 4 is 27.6 Å². The number of hydrogen-bond acceptors (Lipinski definition) is 6. The Morgan fingerprint density at radius 1 is 1.68 bits per heavy atom. The summed E-state index contributed by atoms with van der Waals surface area (Å²) in [6.45, 7) is 1.77. The monoisotopic (exact) mass is 327 g/mol. The Kier molecular flexibility index (Phi) is 5.38. The molecular formula is C11H10BrN3O4. The zero-order valence-corrected chi connectivity index (χ0v) is 11.6. The van der Waals surface area contributed by atoms with E-state index in [9.17, 15) is 14.9 Å². The third-order valence-corrected chi connectivity index (χ3v) is 3.00. The summed E-state index contributed by atoms with van der Waals surface area (Å²) in [5.74, 6) is -1.78. The second-order valence-electron chi connectivity index (χ2n) is 3.51. The van der Waals surface area contributed by atoms with Crippen molar-refractivity contribution in [3.05, 3.63) is 32.5 Å². The number of hydrogen-bond donors (Lipinski definition) is 0. The smallest absolute Gasteiger partial charge is 0.323 e. The molecule has 0 saturated heterocycles. The number of esters is 1. The Bertz CT molecular complexity index is 541. The predicted molar refractivity (Wildman–Crippen MR) is 68.0 cm³/mol. The molecule has 0 aliphatic rings. The van der Waals surface area contributed by atoms with Crippen LogP contribution in [0.4, 0.5) is 5.69 Å². The standard InChI is InChI=1S/C11H10BrN3O4/c1-2-19-11(16)7(4-13)3-8-9(12)5-14-6-10(8)15(17)18/h5-7H,2-3H2,1H3. The third kappa shape index (κ3) is 3.72. The third-order valence-electron chi connectivity index (χ3n) is 2.31. The molecule has 0 saturated carbocycles. The summed E-state index contributed by atoms with van der Waals surface area (Å²) in [6, 6.07) is 1.79. The van der Waals surface area contributed by atoms with Gasteiger partial charge in [0, 0.05) is 22.7 Å². The lowest BCUT2D eigenvalue weighted by Crippen LogP contribution is -2.19. The van der Waals surface area contributed by atoms with Crippen LogP contribution in [0.5, 0.6) is 0 Å². The molecule has 1 aromatic rings. The molecule has 0 spiro atoms. The first kappa shape index (κ1) is 15.0. The molecule has 1 rings (SSSR count). The summed E-state index contributed by atoms with van der Waals surface area (Å²) in [6.07, 6.45) is 2.36. The first-order valence-corrected chi connectivity index (χ1v) is 6.13.